The molecule has 0 saturated carbocycles. The van der Waals surface area contributed by atoms with E-state index in [1.165, 1.54) is 24.3 Å². The molecule has 1 aromatic heterocycles. The maximum absolute atomic E-state index is 12.1. The lowest BCUT2D eigenvalue weighted by Crippen LogP contribution is -2.01. The lowest BCUT2D eigenvalue weighted by atomic mass is 10.2. The molecule has 1 heterocycles. The summed E-state index contributed by atoms with van der Waals surface area (Å²) in [6.07, 6.45) is 1.75. The molecule has 0 aliphatic rings. The zero-order valence-corrected chi connectivity index (χ0v) is 16.8. The summed E-state index contributed by atoms with van der Waals surface area (Å²) < 4.78 is 5.22. The van der Waals surface area contributed by atoms with Gasteiger partial charge in [0, 0.05) is 29.0 Å². The van der Waals surface area contributed by atoms with Gasteiger partial charge in [0.25, 0.3) is 5.69 Å². The van der Waals surface area contributed by atoms with E-state index in [0.29, 0.717) is 5.75 Å². The molecule has 0 atom stereocenters. The van der Waals surface area contributed by atoms with Gasteiger partial charge < -0.3 is 4.74 Å². The zero-order chi connectivity index (χ0) is 19.8. The van der Waals surface area contributed by atoms with Crippen molar-refractivity contribution >= 4 is 44.3 Å². The van der Waals surface area contributed by atoms with Gasteiger partial charge in [-0.3, -0.25) is 10.1 Å². The standard InChI is InChI=1S/C19H14N2O4S3/c22-19(25-16-10-8-15(9-11-16)21(23)24)26-13-14-5-1-2-6-17(14)27-28-18-7-3-4-12-20-18/h1-12H,13H2. The molecule has 2 aromatic carbocycles. The summed E-state index contributed by atoms with van der Waals surface area (Å²) in [6.45, 7) is 0. The van der Waals surface area contributed by atoms with Crippen LogP contribution in [0, 0.1) is 10.1 Å². The van der Waals surface area contributed by atoms with Crippen LogP contribution in [0.25, 0.3) is 0 Å². The number of benzene rings is 2. The van der Waals surface area contributed by atoms with Crippen molar-refractivity contribution in [2.45, 2.75) is 15.7 Å². The van der Waals surface area contributed by atoms with Gasteiger partial charge in [-0.05, 0) is 58.5 Å². The SMILES string of the molecule is O=C(Oc1ccc([N+](=O)[O-])cc1)SCc1ccccc1SSc1ccccn1. The van der Waals surface area contributed by atoms with Gasteiger partial charge in [0.2, 0.25) is 0 Å². The Morgan fingerprint density at radius 2 is 1.75 bits per heavy atom. The normalized spacial score (nSPS) is 10.4. The number of non-ortho nitro benzene ring substituents is 1. The maximum atomic E-state index is 12.1. The molecule has 0 aliphatic carbocycles. The van der Waals surface area contributed by atoms with Gasteiger partial charge in [0.05, 0.1) is 4.92 Å². The topological polar surface area (TPSA) is 82.3 Å². The molecule has 3 rings (SSSR count). The second-order valence-electron chi connectivity index (χ2n) is 5.33. The van der Waals surface area contributed by atoms with Gasteiger partial charge in [-0.15, -0.1) is 0 Å². The lowest BCUT2D eigenvalue weighted by molar-refractivity contribution is -0.384. The highest BCUT2D eigenvalue weighted by Gasteiger charge is 2.11. The molecule has 0 radical (unpaired) electrons. The molecule has 0 amide bonds. The number of nitrogens with zero attached hydrogens (tertiary/aromatic N) is 2. The molecule has 0 bridgehead atoms. The fourth-order valence-electron chi connectivity index (χ4n) is 2.09. The number of nitro groups is 1. The van der Waals surface area contributed by atoms with Crippen LogP contribution in [0.1, 0.15) is 5.56 Å². The first-order chi connectivity index (χ1) is 13.6. The monoisotopic (exact) mass is 430 g/mol. The third kappa shape index (κ3) is 6.01. The van der Waals surface area contributed by atoms with Crippen molar-refractivity contribution in [1.82, 2.24) is 4.98 Å². The number of carbonyl (C=O) groups is 1. The van der Waals surface area contributed by atoms with E-state index in [9.17, 15) is 14.9 Å². The second-order valence-corrected chi connectivity index (χ2v) is 8.44. The van der Waals surface area contributed by atoms with Crippen molar-refractivity contribution in [3.05, 3.63) is 88.6 Å². The molecule has 6 nitrogen and oxygen atoms in total. The van der Waals surface area contributed by atoms with Crippen LogP contribution in [0.5, 0.6) is 5.75 Å². The first-order valence-electron chi connectivity index (χ1n) is 8.04. The van der Waals surface area contributed by atoms with Crippen LogP contribution in [0.2, 0.25) is 0 Å². The van der Waals surface area contributed by atoms with Crippen molar-refractivity contribution in [3.8, 4) is 5.75 Å². The number of thioether (sulfide) groups is 1. The van der Waals surface area contributed by atoms with Crippen molar-refractivity contribution in [3.63, 3.8) is 0 Å². The molecule has 0 fully saturated rings. The Morgan fingerprint density at radius 3 is 2.46 bits per heavy atom. The van der Waals surface area contributed by atoms with Crippen LogP contribution in [0.4, 0.5) is 10.5 Å². The van der Waals surface area contributed by atoms with Crippen molar-refractivity contribution < 1.29 is 14.5 Å². The summed E-state index contributed by atoms with van der Waals surface area (Å²) in [5, 5.41) is 11.1. The fourth-order valence-corrected chi connectivity index (χ4v) is 4.96. The molecule has 142 valence electrons. The van der Waals surface area contributed by atoms with E-state index in [4.69, 9.17) is 4.74 Å². The Hall–Kier alpha value is -2.49. The number of pyridine rings is 1. The number of carbonyl (C=O) groups excluding carboxylic acids is 1. The van der Waals surface area contributed by atoms with E-state index in [2.05, 4.69) is 4.98 Å². The zero-order valence-electron chi connectivity index (χ0n) is 14.4. The highest BCUT2D eigenvalue weighted by atomic mass is 33.1. The van der Waals surface area contributed by atoms with Gasteiger partial charge in [-0.1, -0.05) is 35.1 Å². The summed E-state index contributed by atoms with van der Waals surface area (Å²) in [5.74, 6) is 0.731. The van der Waals surface area contributed by atoms with Crippen LogP contribution < -0.4 is 4.74 Å². The fraction of sp³-hybridized carbons (Fsp3) is 0.0526. The number of aromatic nitrogens is 1. The molecule has 0 saturated heterocycles. The minimum atomic E-state index is -0.502. The third-order valence-corrected chi connectivity index (χ3v) is 6.57. The van der Waals surface area contributed by atoms with E-state index in [1.54, 1.807) is 27.8 Å². The Morgan fingerprint density at radius 1 is 1.00 bits per heavy atom. The summed E-state index contributed by atoms with van der Waals surface area (Å²) in [5.41, 5.74) is 0.963. The largest absolute Gasteiger partial charge is 0.418 e. The van der Waals surface area contributed by atoms with Crippen LogP contribution in [-0.4, -0.2) is 15.2 Å². The third-order valence-electron chi connectivity index (χ3n) is 3.42. The molecule has 3 aromatic rings. The predicted molar refractivity (Wildman–Crippen MR) is 113 cm³/mol. The van der Waals surface area contributed by atoms with Crippen LogP contribution in [0.3, 0.4) is 0 Å². The van der Waals surface area contributed by atoms with Crippen molar-refractivity contribution in [1.29, 1.82) is 0 Å². The summed E-state index contributed by atoms with van der Waals surface area (Å²) >= 11 is 1.04. The number of hydrogen-bond donors (Lipinski definition) is 0. The summed E-state index contributed by atoms with van der Waals surface area (Å²) in [7, 11) is 3.14. The molecule has 0 spiro atoms. The minimum Gasteiger partial charge on any atom is -0.418 e. The highest BCUT2D eigenvalue weighted by Crippen LogP contribution is 2.38. The van der Waals surface area contributed by atoms with Crippen LogP contribution in [0.15, 0.2) is 82.8 Å². The van der Waals surface area contributed by atoms with E-state index >= 15 is 0 Å². The summed E-state index contributed by atoms with van der Waals surface area (Å²) in [4.78, 5) is 27.6. The highest BCUT2D eigenvalue weighted by molar-refractivity contribution is 8.76. The van der Waals surface area contributed by atoms with E-state index in [0.717, 1.165) is 27.2 Å². The van der Waals surface area contributed by atoms with E-state index < -0.39 is 10.2 Å². The Kier molecular flexibility index (Phi) is 7.35. The van der Waals surface area contributed by atoms with Crippen LogP contribution >= 0.6 is 33.3 Å². The van der Waals surface area contributed by atoms with E-state index in [-0.39, 0.29) is 11.4 Å². The quantitative estimate of drug-likeness (QED) is 0.189. The maximum Gasteiger partial charge on any atom is 0.373 e. The molecular formula is C19H14N2O4S3. The average molecular weight is 431 g/mol. The summed E-state index contributed by atoms with van der Waals surface area (Å²) in [6, 6.07) is 19.0. The van der Waals surface area contributed by atoms with Crippen molar-refractivity contribution in [2.24, 2.45) is 0 Å². The Balaban J connectivity index is 1.55. The second kappa shape index (κ2) is 10.2. The Labute approximate surface area is 173 Å². The first kappa shape index (κ1) is 20.2. The lowest BCUT2D eigenvalue weighted by Gasteiger charge is -2.08. The molecule has 28 heavy (non-hydrogen) atoms. The molecule has 9 heteroatoms. The number of rotatable bonds is 7. The smallest absolute Gasteiger partial charge is 0.373 e. The van der Waals surface area contributed by atoms with Gasteiger partial charge in [-0.2, -0.15) is 0 Å². The average Bonchev–Trinajstić information content (AvgIpc) is 2.72. The Bertz CT molecular complexity index is 953. The van der Waals surface area contributed by atoms with Gasteiger partial charge in [0.1, 0.15) is 10.8 Å². The number of hydrogen-bond acceptors (Lipinski definition) is 8. The minimum absolute atomic E-state index is 0.0520. The molecule has 0 unspecified atom stereocenters. The number of nitro benzene ring substituents is 1. The number of ether oxygens (including phenoxy) is 1. The molecule has 0 aliphatic heterocycles. The van der Waals surface area contributed by atoms with Gasteiger partial charge in [-0.25, -0.2) is 9.78 Å². The molecular weight excluding hydrogens is 416 g/mol. The van der Waals surface area contributed by atoms with Gasteiger partial charge in [0.15, 0.2) is 0 Å². The predicted octanol–water partition coefficient (Wildman–Crippen LogP) is 6.22. The van der Waals surface area contributed by atoms with Crippen LogP contribution in [-0.2, 0) is 5.75 Å². The first-order valence-corrected chi connectivity index (χ1v) is 11.2. The molecule has 0 N–H and O–H groups in total. The van der Waals surface area contributed by atoms with Crippen molar-refractivity contribution in [2.75, 3.05) is 0 Å². The van der Waals surface area contributed by atoms with E-state index in [1.807, 2.05) is 42.5 Å². The van der Waals surface area contributed by atoms with Gasteiger partial charge >= 0.3 is 5.30 Å².